The number of piperidine rings is 1. The van der Waals surface area contributed by atoms with Crippen molar-refractivity contribution in [3.05, 3.63) is 59.8 Å². The molecule has 0 radical (unpaired) electrons. The average molecular weight is 320 g/mol. The number of likely N-dealkylation sites (tertiary alicyclic amines) is 1. The zero-order valence-electron chi connectivity index (χ0n) is 14.2. The van der Waals surface area contributed by atoms with Gasteiger partial charge in [-0.1, -0.05) is 37.3 Å². The molecule has 0 aliphatic carbocycles. The van der Waals surface area contributed by atoms with E-state index < -0.39 is 0 Å². The van der Waals surface area contributed by atoms with Crippen LogP contribution in [0.5, 0.6) is 0 Å². The molecule has 24 heavy (non-hydrogen) atoms. The van der Waals surface area contributed by atoms with Crippen LogP contribution in [0.4, 0.5) is 0 Å². The van der Waals surface area contributed by atoms with Crippen molar-refractivity contribution >= 4 is 12.0 Å². The lowest BCUT2D eigenvalue weighted by atomic mass is 10.1. The van der Waals surface area contributed by atoms with Crippen molar-refractivity contribution in [3.8, 4) is 11.3 Å². The van der Waals surface area contributed by atoms with Gasteiger partial charge < -0.3 is 4.90 Å². The lowest BCUT2D eigenvalue weighted by Gasteiger charge is -2.25. The fraction of sp³-hybridized carbons (Fsp3) is 0.333. The highest BCUT2D eigenvalue weighted by atomic mass is 16.2. The molecule has 0 N–H and O–H groups in total. The molecule has 1 amide bonds. The summed E-state index contributed by atoms with van der Waals surface area (Å²) in [7, 11) is 0. The van der Waals surface area contributed by atoms with Gasteiger partial charge in [0.05, 0.1) is 5.69 Å². The van der Waals surface area contributed by atoms with Crippen LogP contribution in [0, 0.1) is 0 Å². The zero-order valence-corrected chi connectivity index (χ0v) is 14.2. The van der Waals surface area contributed by atoms with E-state index >= 15 is 0 Å². The van der Waals surface area contributed by atoms with E-state index in [4.69, 9.17) is 0 Å². The summed E-state index contributed by atoms with van der Waals surface area (Å²) in [5, 5.41) is 0. The smallest absolute Gasteiger partial charge is 0.246 e. The molecule has 1 saturated heterocycles. The molecule has 124 valence electrons. The van der Waals surface area contributed by atoms with Crippen molar-refractivity contribution in [2.24, 2.45) is 0 Å². The first kappa shape index (κ1) is 16.4. The number of hydrogen-bond donors (Lipinski definition) is 0. The van der Waals surface area contributed by atoms with Gasteiger partial charge in [-0.05, 0) is 49.0 Å². The van der Waals surface area contributed by atoms with Gasteiger partial charge in [0.15, 0.2) is 0 Å². The van der Waals surface area contributed by atoms with Gasteiger partial charge >= 0.3 is 0 Å². The molecule has 0 bridgehead atoms. The highest BCUT2D eigenvalue weighted by Gasteiger charge is 2.13. The van der Waals surface area contributed by atoms with Crippen LogP contribution < -0.4 is 0 Å². The summed E-state index contributed by atoms with van der Waals surface area (Å²) in [5.41, 5.74) is 4.35. The maximum absolute atomic E-state index is 12.1. The predicted molar refractivity (Wildman–Crippen MR) is 98.5 cm³/mol. The molecule has 2 aromatic rings. The Morgan fingerprint density at radius 2 is 1.83 bits per heavy atom. The SMILES string of the molecule is CCc1ccc(-c2ccc(C=CC(=O)N3CCCCC3)cc2)nc1. The van der Waals surface area contributed by atoms with Gasteiger partial charge in [0.1, 0.15) is 0 Å². The Morgan fingerprint density at radius 3 is 2.46 bits per heavy atom. The fourth-order valence-corrected chi connectivity index (χ4v) is 2.96. The summed E-state index contributed by atoms with van der Waals surface area (Å²) in [6.45, 7) is 3.91. The normalized spacial score (nSPS) is 15.0. The number of pyridine rings is 1. The van der Waals surface area contributed by atoms with E-state index in [1.54, 1.807) is 6.08 Å². The van der Waals surface area contributed by atoms with Crippen LogP contribution in [-0.4, -0.2) is 28.9 Å². The number of benzene rings is 1. The number of aromatic nitrogens is 1. The zero-order chi connectivity index (χ0) is 16.8. The monoisotopic (exact) mass is 320 g/mol. The van der Waals surface area contributed by atoms with Crippen molar-refractivity contribution in [3.63, 3.8) is 0 Å². The highest BCUT2D eigenvalue weighted by Crippen LogP contribution is 2.18. The van der Waals surface area contributed by atoms with Gasteiger partial charge in [-0.3, -0.25) is 9.78 Å². The number of hydrogen-bond acceptors (Lipinski definition) is 2. The second-order valence-electron chi connectivity index (χ2n) is 6.25. The Balaban J connectivity index is 1.65. The van der Waals surface area contributed by atoms with E-state index in [9.17, 15) is 4.79 Å². The van der Waals surface area contributed by atoms with E-state index in [0.717, 1.165) is 49.2 Å². The molecule has 0 saturated carbocycles. The van der Waals surface area contributed by atoms with Gasteiger partial charge in [0.25, 0.3) is 0 Å². The first-order valence-corrected chi connectivity index (χ1v) is 8.78. The van der Waals surface area contributed by atoms with Gasteiger partial charge in [-0.25, -0.2) is 0 Å². The molecule has 1 aromatic heterocycles. The van der Waals surface area contributed by atoms with Crippen LogP contribution >= 0.6 is 0 Å². The first-order chi connectivity index (χ1) is 11.8. The quantitative estimate of drug-likeness (QED) is 0.785. The molecule has 0 atom stereocenters. The van der Waals surface area contributed by atoms with Crippen LogP contribution in [0.15, 0.2) is 48.7 Å². The molecule has 3 nitrogen and oxygen atoms in total. The topological polar surface area (TPSA) is 33.2 Å². The largest absolute Gasteiger partial charge is 0.339 e. The van der Waals surface area contributed by atoms with Crippen LogP contribution in [0.2, 0.25) is 0 Å². The first-order valence-electron chi connectivity index (χ1n) is 8.78. The summed E-state index contributed by atoms with van der Waals surface area (Å²) >= 11 is 0. The lowest BCUT2D eigenvalue weighted by molar-refractivity contribution is -0.126. The van der Waals surface area contributed by atoms with Crippen LogP contribution in [0.1, 0.15) is 37.3 Å². The molecule has 0 spiro atoms. The number of nitrogens with zero attached hydrogens (tertiary/aromatic N) is 2. The molecule has 0 unspecified atom stereocenters. The Labute approximate surface area is 144 Å². The molecule has 1 aromatic carbocycles. The van der Waals surface area contributed by atoms with Crippen LogP contribution in [-0.2, 0) is 11.2 Å². The minimum absolute atomic E-state index is 0.121. The molecule has 2 heterocycles. The van der Waals surface area contributed by atoms with E-state index in [1.165, 1.54) is 12.0 Å². The van der Waals surface area contributed by atoms with Gasteiger partial charge in [0, 0.05) is 30.9 Å². The minimum Gasteiger partial charge on any atom is -0.339 e. The second-order valence-corrected chi connectivity index (χ2v) is 6.25. The number of carbonyl (C=O) groups is 1. The molecular formula is C21H24N2O. The Kier molecular flexibility index (Phi) is 5.42. The lowest BCUT2D eigenvalue weighted by Crippen LogP contribution is -2.34. The summed E-state index contributed by atoms with van der Waals surface area (Å²) in [6, 6.07) is 12.4. The molecule has 1 aliphatic rings. The number of amides is 1. The molecule has 3 rings (SSSR count). The third-order valence-corrected chi connectivity index (χ3v) is 4.53. The van der Waals surface area contributed by atoms with E-state index in [-0.39, 0.29) is 5.91 Å². The maximum atomic E-state index is 12.1. The Bertz CT molecular complexity index is 696. The second kappa shape index (κ2) is 7.91. The van der Waals surface area contributed by atoms with Crippen molar-refractivity contribution in [2.75, 3.05) is 13.1 Å². The van der Waals surface area contributed by atoms with Gasteiger partial charge in [-0.2, -0.15) is 0 Å². The van der Waals surface area contributed by atoms with E-state index in [1.807, 2.05) is 29.3 Å². The van der Waals surface area contributed by atoms with Gasteiger partial charge in [0.2, 0.25) is 5.91 Å². The molecule has 1 aliphatic heterocycles. The van der Waals surface area contributed by atoms with Crippen LogP contribution in [0.25, 0.3) is 17.3 Å². The average Bonchev–Trinajstić information content (AvgIpc) is 2.67. The van der Waals surface area contributed by atoms with Crippen molar-refractivity contribution < 1.29 is 4.79 Å². The summed E-state index contributed by atoms with van der Waals surface area (Å²) in [4.78, 5) is 18.6. The van der Waals surface area contributed by atoms with E-state index in [2.05, 4.69) is 36.2 Å². The number of rotatable bonds is 4. The molecule has 3 heteroatoms. The number of carbonyl (C=O) groups excluding carboxylic acids is 1. The molecule has 1 fully saturated rings. The fourth-order valence-electron chi connectivity index (χ4n) is 2.96. The highest BCUT2D eigenvalue weighted by molar-refractivity contribution is 5.91. The third kappa shape index (κ3) is 4.10. The third-order valence-electron chi connectivity index (χ3n) is 4.53. The van der Waals surface area contributed by atoms with Crippen LogP contribution in [0.3, 0.4) is 0 Å². The van der Waals surface area contributed by atoms with Crippen molar-refractivity contribution in [1.82, 2.24) is 9.88 Å². The molecular weight excluding hydrogens is 296 g/mol. The summed E-state index contributed by atoms with van der Waals surface area (Å²) < 4.78 is 0. The predicted octanol–water partition coefficient (Wildman–Crippen LogP) is 4.34. The standard InChI is InChI=1S/C21H24N2O/c1-2-17-8-12-20(22-16-17)19-10-6-18(7-11-19)9-13-21(24)23-14-4-3-5-15-23/h6-13,16H,2-5,14-15H2,1H3. The van der Waals surface area contributed by atoms with Gasteiger partial charge in [-0.15, -0.1) is 0 Å². The minimum atomic E-state index is 0.121. The Hall–Kier alpha value is -2.42. The van der Waals surface area contributed by atoms with Crippen molar-refractivity contribution in [2.45, 2.75) is 32.6 Å². The maximum Gasteiger partial charge on any atom is 0.246 e. The summed E-state index contributed by atoms with van der Waals surface area (Å²) in [6.07, 6.45) is 10.0. The Morgan fingerprint density at radius 1 is 1.08 bits per heavy atom. The van der Waals surface area contributed by atoms with Crippen molar-refractivity contribution in [1.29, 1.82) is 0 Å². The number of aryl methyl sites for hydroxylation is 1. The summed E-state index contributed by atoms with van der Waals surface area (Å²) in [5.74, 6) is 0.121. The van der Waals surface area contributed by atoms with E-state index in [0.29, 0.717) is 0 Å².